The normalized spacial score (nSPS) is 17.9. The summed E-state index contributed by atoms with van der Waals surface area (Å²) in [5, 5.41) is 3.06. The predicted octanol–water partition coefficient (Wildman–Crippen LogP) is 2.27. The van der Waals surface area contributed by atoms with Crippen molar-refractivity contribution in [3.8, 4) is 0 Å². The molecule has 0 aliphatic carbocycles. The van der Waals surface area contributed by atoms with E-state index in [9.17, 15) is 4.79 Å². The van der Waals surface area contributed by atoms with Gasteiger partial charge in [0.15, 0.2) is 0 Å². The second kappa shape index (κ2) is 6.48. The smallest absolute Gasteiger partial charge is 0.239 e. The van der Waals surface area contributed by atoms with Crippen molar-refractivity contribution < 1.29 is 4.79 Å². The van der Waals surface area contributed by atoms with Gasteiger partial charge in [-0.15, -0.1) is 0 Å². The summed E-state index contributed by atoms with van der Waals surface area (Å²) in [4.78, 5) is 14.4. The number of carbonyl (C=O) groups is 1. The molecular formula is C17H21N3O. The van der Waals surface area contributed by atoms with E-state index in [1.807, 2.05) is 35.2 Å². The number of nitrogens with zero attached hydrogens (tertiary/aromatic N) is 2. The SMILES string of the molecule is O=C(Cn1cccc1)NCC1CCCN1c1ccccc1. The van der Waals surface area contributed by atoms with Crippen LogP contribution in [-0.4, -0.2) is 29.6 Å². The summed E-state index contributed by atoms with van der Waals surface area (Å²) in [6.07, 6.45) is 6.14. The number of hydrogen-bond acceptors (Lipinski definition) is 2. The molecule has 4 heteroatoms. The second-order valence-electron chi connectivity index (χ2n) is 5.48. The van der Waals surface area contributed by atoms with Crippen LogP contribution in [0.3, 0.4) is 0 Å². The van der Waals surface area contributed by atoms with E-state index >= 15 is 0 Å². The molecule has 1 atom stereocenters. The van der Waals surface area contributed by atoms with Crippen molar-refractivity contribution in [2.24, 2.45) is 0 Å². The van der Waals surface area contributed by atoms with Gasteiger partial charge in [0, 0.05) is 37.2 Å². The maximum Gasteiger partial charge on any atom is 0.239 e. The fourth-order valence-corrected chi connectivity index (χ4v) is 2.94. The van der Waals surface area contributed by atoms with Gasteiger partial charge in [0.05, 0.1) is 0 Å². The van der Waals surface area contributed by atoms with Crippen LogP contribution in [0, 0.1) is 0 Å². The van der Waals surface area contributed by atoms with Gasteiger partial charge in [0.1, 0.15) is 6.54 Å². The second-order valence-corrected chi connectivity index (χ2v) is 5.48. The van der Waals surface area contributed by atoms with Crippen LogP contribution < -0.4 is 10.2 Å². The van der Waals surface area contributed by atoms with Crippen LogP contribution in [0.5, 0.6) is 0 Å². The van der Waals surface area contributed by atoms with E-state index in [0.717, 1.165) is 19.5 Å². The highest BCUT2D eigenvalue weighted by Crippen LogP contribution is 2.24. The molecule has 1 aliphatic heterocycles. The van der Waals surface area contributed by atoms with E-state index < -0.39 is 0 Å². The Morgan fingerprint density at radius 3 is 2.67 bits per heavy atom. The van der Waals surface area contributed by atoms with Crippen molar-refractivity contribution >= 4 is 11.6 Å². The minimum Gasteiger partial charge on any atom is -0.367 e. The minimum absolute atomic E-state index is 0.0751. The first-order valence-electron chi connectivity index (χ1n) is 7.52. The number of anilines is 1. The van der Waals surface area contributed by atoms with Gasteiger partial charge < -0.3 is 14.8 Å². The number of carbonyl (C=O) groups excluding carboxylic acids is 1. The van der Waals surface area contributed by atoms with Gasteiger partial charge in [-0.25, -0.2) is 0 Å². The molecule has 2 aromatic rings. The summed E-state index contributed by atoms with van der Waals surface area (Å²) in [6.45, 7) is 2.18. The Balaban J connectivity index is 1.53. The number of benzene rings is 1. The van der Waals surface area contributed by atoms with Gasteiger partial charge in [-0.3, -0.25) is 4.79 Å². The van der Waals surface area contributed by atoms with E-state index in [4.69, 9.17) is 0 Å². The monoisotopic (exact) mass is 283 g/mol. The maximum atomic E-state index is 12.0. The number of nitrogens with one attached hydrogen (secondary N) is 1. The quantitative estimate of drug-likeness (QED) is 0.914. The maximum absolute atomic E-state index is 12.0. The van der Waals surface area contributed by atoms with E-state index in [-0.39, 0.29) is 5.91 Å². The first kappa shape index (κ1) is 13.7. The van der Waals surface area contributed by atoms with Crippen LogP contribution in [0.15, 0.2) is 54.9 Å². The molecule has 0 bridgehead atoms. The Morgan fingerprint density at radius 2 is 1.90 bits per heavy atom. The highest BCUT2D eigenvalue weighted by molar-refractivity contribution is 5.75. The number of aromatic nitrogens is 1. The molecule has 1 saturated heterocycles. The van der Waals surface area contributed by atoms with Crippen LogP contribution in [-0.2, 0) is 11.3 Å². The van der Waals surface area contributed by atoms with Gasteiger partial charge >= 0.3 is 0 Å². The molecule has 1 unspecified atom stereocenters. The zero-order chi connectivity index (χ0) is 14.5. The van der Waals surface area contributed by atoms with Crippen LogP contribution in [0.1, 0.15) is 12.8 Å². The molecule has 0 spiro atoms. The number of amides is 1. The van der Waals surface area contributed by atoms with Crippen LogP contribution in [0.4, 0.5) is 5.69 Å². The van der Waals surface area contributed by atoms with Crippen molar-refractivity contribution in [3.63, 3.8) is 0 Å². The molecule has 1 fully saturated rings. The van der Waals surface area contributed by atoms with Gasteiger partial charge in [-0.2, -0.15) is 0 Å². The highest BCUT2D eigenvalue weighted by Gasteiger charge is 2.24. The fraction of sp³-hybridized carbons (Fsp3) is 0.353. The van der Waals surface area contributed by atoms with Crippen molar-refractivity contribution in [2.45, 2.75) is 25.4 Å². The third-order valence-electron chi connectivity index (χ3n) is 3.99. The third kappa shape index (κ3) is 3.45. The molecule has 3 rings (SSSR count). The van der Waals surface area contributed by atoms with Crippen LogP contribution in [0.25, 0.3) is 0 Å². The Morgan fingerprint density at radius 1 is 1.14 bits per heavy atom. The lowest BCUT2D eigenvalue weighted by Gasteiger charge is -2.27. The summed E-state index contributed by atoms with van der Waals surface area (Å²) >= 11 is 0. The molecule has 2 heterocycles. The number of para-hydroxylation sites is 1. The average molecular weight is 283 g/mol. The molecule has 110 valence electrons. The van der Waals surface area contributed by atoms with Crippen LogP contribution >= 0.6 is 0 Å². The zero-order valence-electron chi connectivity index (χ0n) is 12.1. The van der Waals surface area contributed by atoms with Gasteiger partial charge in [-0.1, -0.05) is 18.2 Å². The summed E-state index contributed by atoms with van der Waals surface area (Å²) < 4.78 is 1.89. The molecule has 4 nitrogen and oxygen atoms in total. The van der Waals surface area contributed by atoms with Gasteiger partial charge in [0.2, 0.25) is 5.91 Å². The molecule has 0 radical (unpaired) electrons. The van der Waals surface area contributed by atoms with E-state index in [2.05, 4.69) is 34.5 Å². The molecule has 1 amide bonds. The Kier molecular flexibility index (Phi) is 4.24. The lowest BCUT2D eigenvalue weighted by molar-refractivity contribution is -0.121. The van der Waals surface area contributed by atoms with Crippen molar-refractivity contribution in [1.82, 2.24) is 9.88 Å². The predicted molar refractivity (Wildman–Crippen MR) is 84.3 cm³/mol. The summed E-state index contributed by atoms with van der Waals surface area (Å²) in [7, 11) is 0. The summed E-state index contributed by atoms with van der Waals surface area (Å²) in [5.41, 5.74) is 1.25. The van der Waals surface area contributed by atoms with Crippen molar-refractivity contribution in [1.29, 1.82) is 0 Å². The van der Waals surface area contributed by atoms with Crippen molar-refractivity contribution in [3.05, 3.63) is 54.9 Å². The molecule has 21 heavy (non-hydrogen) atoms. The number of rotatable bonds is 5. The average Bonchev–Trinajstić information content (AvgIpc) is 3.17. The van der Waals surface area contributed by atoms with Gasteiger partial charge in [0.25, 0.3) is 0 Å². The molecule has 1 aromatic heterocycles. The van der Waals surface area contributed by atoms with Crippen molar-refractivity contribution in [2.75, 3.05) is 18.0 Å². The Labute approximate surface area is 125 Å². The van der Waals surface area contributed by atoms with Crippen LogP contribution in [0.2, 0.25) is 0 Å². The summed E-state index contributed by atoms with van der Waals surface area (Å²) in [6, 6.07) is 14.7. The topological polar surface area (TPSA) is 37.3 Å². The fourth-order valence-electron chi connectivity index (χ4n) is 2.94. The molecule has 0 saturated carbocycles. The molecular weight excluding hydrogens is 262 g/mol. The first-order chi connectivity index (χ1) is 10.3. The highest BCUT2D eigenvalue weighted by atomic mass is 16.1. The number of hydrogen-bond donors (Lipinski definition) is 1. The lowest BCUT2D eigenvalue weighted by Crippen LogP contribution is -2.41. The standard InChI is InChI=1S/C17H21N3O/c21-17(14-19-10-4-5-11-19)18-13-16-9-6-12-20(16)15-7-2-1-3-8-15/h1-5,7-8,10-11,16H,6,9,12-14H2,(H,18,21). The molecule has 1 aromatic carbocycles. The Bertz CT molecular complexity index is 565. The minimum atomic E-state index is 0.0751. The van der Waals surface area contributed by atoms with E-state index in [1.54, 1.807) is 0 Å². The molecule has 1 aliphatic rings. The summed E-state index contributed by atoms with van der Waals surface area (Å²) in [5.74, 6) is 0.0751. The Hall–Kier alpha value is -2.23. The third-order valence-corrected chi connectivity index (χ3v) is 3.99. The molecule has 1 N–H and O–H groups in total. The zero-order valence-corrected chi connectivity index (χ0v) is 12.1. The first-order valence-corrected chi connectivity index (χ1v) is 7.52. The van der Waals surface area contributed by atoms with E-state index in [0.29, 0.717) is 12.6 Å². The van der Waals surface area contributed by atoms with E-state index in [1.165, 1.54) is 12.1 Å². The largest absolute Gasteiger partial charge is 0.367 e. The van der Waals surface area contributed by atoms with Gasteiger partial charge in [-0.05, 0) is 37.1 Å². The lowest BCUT2D eigenvalue weighted by atomic mass is 10.2.